The molecule has 1 heterocycles. The maximum absolute atomic E-state index is 12.3. The van der Waals surface area contributed by atoms with Crippen LogP contribution in [0, 0.1) is 5.92 Å². The summed E-state index contributed by atoms with van der Waals surface area (Å²) in [6, 6.07) is 5.23. The number of likely N-dealkylation sites (tertiary alicyclic amines) is 1. The summed E-state index contributed by atoms with van der Waals surface area (Å²) >= 11 is 0. The van der Waals surface area contributed by atoms with Gasteiger partial charge in [0.25, 0.3) is 0 Å². The fourth-order valence-electron chi connectivity index (χ4n) is 2.24. The number of hydrogen-bond acceptors (Lipinski definition) is 4. The molecule has 1 aliphatic heterocycles. The van der Waals surface area contributed by atoms with Crippen LogP contribution in [0.5, 0.6) is 5.75 Å². The van der Waals surface area contributed by atoms with Gasteiger partial charge >= 0.3 is 0 Å². The Bertz CT molecular complexity index is 431. The standard InChI is InChI=1S/C13H18N2O2/c1-15-6-5-9(8-15)13(16)11-7-10(17-2)3-4-12(11)14/h3-4,7,9H,5-6,8,14H2,1-2H3. The number of rotatable bonds is 3. The maximum Gasteiger partial charge on any atom is 0.169 e. The molecule has 1 fully saturated rings. The predicted octanol–water partition coefficient (Wildman–Crippen LogP) is 1.41. The molecule has 1 aromatic rings. The zero-order chi connectivity index (χ0) is 12.4. The molecule has 1 aromatic carbocycles. The number of ether oxygens (including phenoxy) is 1. The zero-order valence-electron chi connectivity index (χ0n) is 10.3. The molecule has 1 atom stereocenters. The molecule has 0 saturated carbocycles. The van der Waals surface area contributed by atoms with Gasteiger partial charge < -0.3 is 15.4 Å². The second-order valence-corrected chi connectivity index (χ2v) is 4.57. The molecule has 2 N–H and O–H groups in total. The Labute approximate surface area is 101 Å². The van der Waals surface area contributed by atoms with E-state index in [0.717, 1.165) is 19.5 Å². The van der Waals surface area contributed by atoms with Gasteiger partial charge in [-0.25, -0.2) is 0 Å². The first-order valence-electron chi connectivity index (χ1n) is 5.78. The van der Waals surface area contributed by atoms with Gasteiger partial charge in [0, 0.05) is 23.7 Å². The van der Waals surface area contributed by atoms with Gasteiger partial charge in [-0.15, -0.1) is 0 Å². The van der Waals surface area contributed by atoms with Crippen LogP contribution in [-0.4, -0.2) is 37.9 Å². The summed E-state index contributed by atoms with van der Waals surface area (Å²) in [5.74, 6) is 0.869. The third kappa shape index (κ3) is 2.42. The molecule has 2 rings (SSSR count). The Morgan fingerprint density at radius 2 is 2.29 bits per heavy atom. The SMILES string of the molecule is COc1ccc(N)c(C(=O)C2CCN(C)C2)c1. The Morgan fingerprint density at radius 3 is 2.88 bits per heavy atom. The number of nitrogens with two attached hydrogens (primary N) is 1. The molecule has 0 amide bonds. The smallest absolute Gasteiger partial charge is 0.169 e. The lowest BCUT2D eigenvalue weighted by atomic mass is 9.95. The number of nitrogens with zero attached hydrogens (tertiary/aromatic N) is 1. The average molecular weight is 234 g/mol. The van der Waals surface area contributed by atoms with Crippen LogP contribution in [0.4, 0.5) is 5.69 Å². The van der Waals surface area contributed by atoms with Crippen molar-refractivity contribution in [3.63, 3.8) is 0 Å². The zero-order valence-corrected chi connectivity index (χ0v) is 10.3. The Hall–Kier alpha value is -1.55. The highest BCUT2D eigenvalue weighted by Crippen LogP contribution is 2.26. The van der Waals surface area contributed by atoms with Crippen LogP contribution >= 0.6 is 0 Å². The Balaban J connectivity index is 2.24. The van der Waals surface area contributed by atoms with E-state index in [9.17, 15) is 4.79 Å². The second kappa shape index (κ2) is 4.75. The number of nitrogen functional groups attached to an aromatic ring is 1. The first kappa shape index (κ1) is 11.9. The molecule has 4 nitrogen and oxygen atoms in total. The van der Waals surface area contributed by atoms with Crippen LogP contribution in [0.3, 0.4) is 0 Å². The summed E-state index contributed by atoms with van der Waals surface area (Å²) in [5.41, 5.74) is 6.98. The molecule has 0 radical (unpaired) electrons. The van der Waals surface area contributed by atoms with E-state index in [-0.39, 0.29) is 11.7 Å². The number of anilines is 1. The van der Waals surface area contributed by atoms with Crippen molar-refractivity contribution < 1.29 is 9.53 Å². The highest BCUT2D eigenvalue weighted by molar-refractivity contribution is 6.02. The van der Waals surface area contributed by atoms with Gasteiger partial charge in [-0.1, -0.05) is 0 Å². The van der Waals surface area contributed by atoms with Gasteiger partial charge in [0.05, 0.1) is 7.11 Å². The number of methoxy groups -OCH3 is 1. The van der Waals surface area contributed by atoms with Gasteiger partial charge in [-0.2, -0.15) is 0 Å². The summed E-state index contributed by atoms with van der Waals surface area (Å²) in [6.45, 7) is 1.79. The predicted molar refractivity (Wildman–Crippen MR) is 67.3 cm³/mol. The van der Waals surface area contributed by atoms with E-state index >= 15 is 0 Å². The minimum absolute atomic E-state index is 0.0643. The summed E-state index contributed by atoms with van der Waals surface area (Å²) in [4.78, 5) is 14.5. The Morgan fingerprint density at radius 1 is 1.53 bits per heavy atom. The molecule has 17 heavy (non-hydrogen) atoms. The topological polar surface area (TPSA) is 55.6 Å². The normalized spacial score (nSPS) is 20.5. The number of ketones is 1. The van der Waals surface area contributed by atoms with Crippen LogP contribution in [0.1, 0.15) is 16.8 Å². The summed E-state index contributed by atoms with van der Waals surface area (Å²) < 4.78 is 5.13. The third-order valence-electron chi connectivity index (χ3n) is 3.29. The first-order chi connectivity index (χ1) is 8.11. The number of hydrogen-bond donors (Lipinski definition) is 1. The number of benzene rings is 1. The molecule has 4 heteroatoms. The summed E-state index contributed by atoms with van der Waals surface area (Å²) in [6.07, 6.45) is 0.909. The van der Waals surface area contributed by atoms with Crippen molar-refractivity contribution in [1.82, 2.24) is 4.90 Å². The lowest BCUT2D eigenvalue weighted by molar-refractivity contribution is 0.0925. The van der Waals surface area contributed by atoms with Crippen molar-refractivity contribution in [2.24, 2.45) is 5.92 Å². The van der Waals surface area contributed by atoms with Crippen molar-refractivity contribution in [3.05, 3.63) is 23.8 Å². The fourth-order valence-corrected chi connectivity index (χ4v) is 2.24. The highest BCUT2D eigenvalue weighted by Gasteiger charge is 2.28. The third-order valence-corrected chi connectivity index (χ3v) is 3.29. The van der Waals surface area contributed by atoms with Gasteiger partial charge in [0.2, 0.25) is 0 Å². The van der Waals surface area contributed by atoms with Crippen LogP contribution in [0.25, 0.3) is 0 Å². The first-order valence-corrected chi connectivity index (χ1v) is 5.78. The molecule has 0 spiro atoms. The quantitative estimate of drug-likeness (QED) is 0.634. The summed E-state index contributed by atoms with van der Waals surface area (Å²) in [5, 5.41) is 0. The van der Waals surface area contributed by atoms with Crippen molar-refractivity contribution >= 4 is 11.5 Å². The van der Waals surface area contributed by atoms with Crippen molar-refractivity contribution in [2.75, 3.05) is 33.0 Å². The number of carbonyl (C=O) groups excluding carboxylic acids is 1. The van der Waals surface area contributed by atoms with Crippen molar-refractivity contribution in [2.45, 2.75) is 6.42 Å². The van der Waals surface area contributed by atoms with Crippen LogP contribution in [-0.2, 0) is 0 Å². The molecule has 0 bridgehead atoms. The molecule has 1 saturated heterocycles. The molecule has 0 aromatic heterocycles. The van der Waals surface area contributed by atoms with E-state index in [1.165, 1.54) is 0 Å². The molecule has 92 valence electrons. The minimum Gasteiger partial charge on any atom is -0.497 e. The van der Waals surface area contributed by atoms with E-state index in [2.05, 4.69) is 4.90 Å². The maximum atomic E-state index is 12.3. The summed E-state index contributed by atoms with van der Waals surface area (Å²) in [7, 11) is 3.62. The monoisotopic (exact) mass is 234 g/mol. The molecule has 1 unspecified atom stereocenters. The van der Waals surface area contributed by atoms with Gasteiger partial charge in [-0.05, 0) is 38.2 Å². The highest BCUT2D eigenvalue weighted by atomic mass is 16.5. The number of carbonyl (C=O) groups is 1. The van der Waals surface area contributed by atoms with Crippen molar-refractivity contribution in [1.29, 1.82) is 0 Å². The molecule has 0 aliphatic carbocycles. The molecular weight excluding hydrogens is 216 g/mol. The second-order valence-electron chi connectivity index (χ2n) is 4.57. The lowest BCUT2D eigenvalue weighted by Crippen LogP contribution is -2.20. The van der Waals surface area contributed by atoms with E-state index in [0.29, 0.717) is 17.0 Å². The van der Waals surface area contributed by atoms with Gasteiger partial charge in [-0.3, -0.25) is 4.79 Å². The van der Waals surface area contributed by atoms with Gasteiger partial charge in [0.15, 0.2) is 5.78 Å². The van der Waals surface area contributed by atoms with E-state index in [1.54, 1.807) is 25.3 Å². The van der Waals surface area contributed by atoms with E-state index in [1.807, 2.05) is 7.05 Å². The van der Waals surface area contributed by atoms with Crippen LogP contribution < -0.4 is 10.5 Å². The molecule has 1 aliphatic rings. The Kier molecular flexibility index (Phi) is 3.33. The van der Waals surface area contributed by atoms with Gasteiger partial charge in [0.1, 0.15) is 5.75 Å². The van der Waals surface area contributed by atoms with Crippen LogP contribution in [0.2, 0.25) is 0 Å². The number of Topliss-reactive ketones (excluding diaryl/α,β-unsaturated/α-hetero) is 1. The van der Waals surface area contributed by atoms with E-state index in [4.69, 9.17) is 10.5 Å². The lowest BCUT2D eigenvalue weighted by Gasteiger charge is -2.12. The molecular formula is C13H18N2O2. The van der Waals surface area contributed by atoms with Crippen molar-refractivity contribution in [3.8, 4) is 5.75 Å². The average Bonchev–Trinajstić information content (AvgIpc) is 2.76. The largest absolute Gasteiger partial charge is 0.497 e. The minimum atomic E-state index is 0.0643. The van der Waals surface area contributed by atoms with Crippen LogP contribution in [0.15, 0.2) is 18.2 Å². The van der Waals surface area contributed by atoms with E-state index < -0.39 is 0 Å². The fraction of sp³-hybridized carbons (Fsp3) is 0.462.